The smallest absolute Gasteiger partial charge is 0.0535 e. The minimum Gasteiger partial charge on any atom is -0.305 e. The summed E-state index contributed by atoms with van der Waals surface area (Å²) < 4.78 is 0. The SMILES string of the molecule is CC1CNC(C)(c2ccccc2)CN1CC1CCCC1. The average molecular weight is 272 g/mol. The first kappa shape index (κ1) is 14.1. The molecule has 2 atom stereocenters. The molecule has 2 fully saturated rings. The fourth-order valence-electron chi connectivity index (χ4n) is 3.89. The highest BCUT2D eigenvalue weighted by atomic mass is 15.2. The molecule has 1 aliphatic heterocycles. The molecule has 2 nitrogen and oxygen atoms in total. The van der Waals surface area contributed by atoms with Gasteiger partial charge in [0.05, 0.1) is 5.54 Å². The van der Waals surface area contributed by atoms with Crippen molar-refractivity contribution in [2.45, 2.75) is 51.1 Å². The van der Waals surface area contributed by atoms with E-state index in [1.807, 2.05) is 0 Å². The van der Waals surface area contributed by atoms with Gasteiger partial charge in [-0.05, 0) is 38.2 Å². The third kappa shape index (κ3) is 2.91. The summed E-state index contributed by atoms with van der Waals surface area (Å²) in [5, 5.41) is 3.77. The maximum absolute atomic E-state index is 3.77. The predicted molar refractivity (Wildman–Crippen MR) is 84.8 cm³/mol. The fourth-order valence-corrected chi connectivity index (χ4v) is 3.89. The Balaban J connectivity index is 1.71. The highest BCUT2D eigenvalue weighted by molar-refractivity contribution is 5.25. The minimum atomic E-state index is 0.104. The van der Waals surface area contributed by atoms with Crippen LogP contribution in [0, 0.1) is 5.92 Å². The van der Waals surface area contributed by atoms with Crippen LogP contribution in [-0.2, 0) is 5.54 Å². The Bertz CT molecular complexity index is 424. The molecule has 0 bridgehead atoms. The first-order valence-corrected chi connectivity index (χ1v) is 8.22. The lowest BCUT2D eigenvalue weighted by Crippen LogP contribution is -2.60. The van der Waals surface area contributed by atoms with Gasteiger partial charge in [0.25, 0.3) is 0 Å². The van der Waals surface area contributed by atoms with E-state index in [0.29, 0.717) is 6.04 Å². The van der Waals surface area contributed by atoms with E-state index in [4.69, 9.17) is 0 Å². The molecule has 1 aromatic carbocycles. The largest absolute Gasteiger partial charge is 0.305 e. The van der Waals surface area contributed by atoms with E-state index in [0.717, 1.165) is 19.0 Å². The molecule has 0 aromatic heterocycles. The van der Waals surface area contributed by atoms with Gasteiger partial charge >= 0.3 is 0 Å². The van der Waals surface area contributed by atoms with E-state index in [9.17, 15) is 0 Å². The number of benzene rings is 1. The molecule has 0 spiro atoms. The number of nitrogens with one attached hydrogen (secondary N) is 1. The van der Waals surface area contributed by atoms with Crippen molar-refractivity contribution in [3.63, 3.8) is 0 Å². The van der Waals surface area contributed by atoms with Crippen LogP contribution in [-0.4, -0.2) is 30.6 Å². The maximum Gasteiger partial charge on any atom is 0.0535 e. The number of hydrogen-bond acceptors (Lipinski definition) is 2. The Labute approximate surface area is 123 Å². The summed E-state index contributed by atoms with van der Waals surface area (Å²) in [6.07, 6.45) is 5.78. The summed E-state index contributed by atoms with van der Waals surface area (Å²) in [4.78, 5) is 2.72. The van der Waals surface area contributed by atoms with E-state index >= 15 is 0 Å². The van der Waals surface area contributed by atoms with Gasteiger partial charge in [-0.25, -0.2) is 0 Å². The van der Waals surface area contributed by atoms with Gasteiger partial charge in [0.15, 0.2) is 0 Å². The van der Waals surface area contributed by atoms with Crippen LogP contribution in [0.3, 0.4) is 0 Å². The highest BCUT2D eigenvalue weighted by Crippen LogP contribution is 2.30. The van der Waals surface area contributed by atoms with Gasteiger partial charge < -0.3 is 5.32 Å². The average Bonchev–Trinajstić information content (AvgIpc) is 2.97. The van der Waals surface area contributed by atoms with E-state index in [1.165, 1.54) is 37.8 Å². The lowest BCUT2D eigenvalue weighted by molar-refractivity contribution is 0.0795. The molecule has 1 N–H and O–H groups in total. The zero-order chi connectivity index (χ0) is 14.0. The molecule has 2 unspecified atom stereocenters. The number of hydrogen-bond donors (Lipinski definition) is 1. The van der Waals surface area contributed by atoms with Crippen molar-refractivity contribution in [2.75, 3.05) is 19.6 Å². The molecule has 1 aliphatic carbocycles. The predicted octanol–water partition coefficient (Wildman–Crippen LogP) is 3.39. The van der Waals surface area contributed by atoms with Crippen molar-refractivity contribution in [3.05, 3.63) is 35.9 Å². The fraction of sp³-hybridized carbons (Fsp3) is 0.667. The van der Waals surface area contributed by atoms with Crippen molar-refractivity contribution in [1.82, 2.24) is 10.2 Å². The molecule has 1 aromatic rings. The van der Waals surface area contributed by atoms with Crippen LogP contribution in [0.5, 0.6) is 0 Å². The zero-order valence-corrected chi connectivity index (χ0v) is 12.9. The Morgan fingerprint density at radius 2 is 1.90 bits per heavy atom. The van der Waals surface area contributed by atoms with E-state index in [-0.39, 0.29) is 5.54 Å². The lowest BCUT2D eigenvalue weighted by Gasteiger charge is -2.46. The zero-order valence-electron chi connectivity index (χ0n) is 12.9. The van der Waals surface area contributed by atoms with Crippen molar-refractivity contribution in [2.24, 2.45) is 5.92 Å². The van der Waals surface area contributed by atoms with Gasteiger partial charge in [0, 0.05) is 25.7 Å². The Kier molecular flexibility index (Phi) is 4.13. The Morgan fingerprint density at radius 3 is 2.60 bits per heavy atom. The standard InChI is InChI=1S/C18H28N2/c1-15-12-19-18(2,17-10-4-3-5-11-17)14-20(15)13-16-8-6-7-9-16/h3-5,10-11,15-16,19H,6-9,12-14H2,1-2H3. The second-order valence-corrected chi connectivity index (χ2v) is 7.01. The van der Waals surface area contributed by atoms with Crippen molar-refractivity contribution < 1.29 is 0 Å². The summed E-state index contributed by atoms with van der Waals surface area (Å²) in [6.45, 7) is 8.25. The first-order valence-electron chi connectivity index (χ1n) is 8.22. The molecule has 1 heterocycles. The molecule has 1 saturated carbocycles. The van der Waals surface area contributed by atoms with Crippen LogP contribution in [0.25, 0.3) is 0 Å². The Hall–Kier alpha value is -0.860. The third-order valence-corrected chi connectivity index (χ3v) is 5.31. The van der Waals surface area contributed by atoms with Crippen LogP contribution >= 0.6 is 0 Å². The summed E-state index contributed by atoms with van der Waals surface area (Å²) in [7, 11) is 0. The van der Waals surface area contributed by atoms with Crippen LogP contribution in [0.15, 0.2) is 30.3 Å². The van der Waals surface area contributed by atoms with Crippen LogP contribution < -0.4 is 5.32 Å². The van der Waals surface area contributed by atoms with Crippen molar-refractivity contribution in [1.29, 1.82) is 0 Å². The first-order chi connectivity index (χ1) is 9.67. The summed E-state index contributed by atoms with van der Waals surface area (Å²) in [6, 6.07) is 11.6. The van der Waals surface area contributed by atoms with Gasteiger partial charge in [-0.2, -0.15) is 0 Å². The Morgan fingerprint density at radius 1 is 1.20 bits per heavy atom. The van der Waals surface area contributed by atoms with Crippen LogP contribution in [0.2, 0.25) is 0 Å². The van der Waals surface area contributed by atoms with Gasteiger partial charge in [-0.15, -0.1) is 0 Å². The second-order valence-electron chi connectivity index (χ2n) is 7.01. The topological polar surface area (TPSA) is 15.3 Å². The molecule has 3 rings (SSSR count). The maximum atomic E-state index is 3.77. The van der Waals surface area contributed by atoms with Crippen molar-refractivity contribution in [3.8, 4) is 0 Å². The third-order valence-electron chi connectivity index (χ3n) is 5.31. The summed E-state index contributed by atoms with van der Waals surface area (Å²) in [5.74, 6) is 0.940. The number of nitrogens with zero attached hydrogens (tertiary/aromatic N) is 1. The summed E-state index contributed by atoms with van der Waals surface area (Å²) >= 11 is 0. The lowest BCUT2D eigenvalue weighted by atomic mass is 9.88. The minimum absolute atomic E-state index is 0.104. The second kappa shape index (κ2) is 5.87. The highest BCUT2D eigenvalue weighted by Gasteiger charge is 2.36. The monoisotopic (exact) mass is 272 g/mol. The van der Waals surface area contributed by atoms with Gasteiger partial charge in [-0.1, -0.05) is 43.2 Å². The van der Waals surface area contributed by atoms with Crippen LogP contribution in [0.1, 0.15) is 45.1 Å². The number of rotatable bonds is 3. The molecule has 2 aliphatic rings. The molecular formula is C18H28N2. The van der Waals surface area contributed by atoms with Gasteiger partial charge in [-0.3, -0.25) is 4.90 Å². The van der Waals surface area contributed by atoms with Gasteiger partial charge in [0.1, 0.15) is 0 Å². The molecule has 1 saturated heterocycles. The normalized spacial score (nSPS) is 32.6. The summed E-state index contributed by atoms with van der Waals surface area (Å²) in [5.41, 5.74) is 1.52. The number of piperazine rings is 1. The van der Waals surface area contributed by atoms with E-state index in [2.05, 4.69) is 54.4 Å². The molecule has 0 amide bonds. The quantitative estimate of drug-likeness (QED) is 0.907. The van der Waals surface area contributed by atoms with Gasteiger partial charge in [0.2, 0.25) is 0 Å². The molecule has 0 radical (unpaired) electrons. The molecule has 20 heavy (non-hydrogen) atoms. The van der Waals surface area contributed by atoms with E-state index < -0.39 is 0 Å². The van der Waals surface area contributed by atoms with Crippen LogP contribution in [0.4, 0.5) is 0 Å². The molecule has 2 heteroatoms. The molecule has 110 valence electrons. The van der Waals surface area contributed by atoms with E-state index in [1.54, 1.807) is 0 Å². The molecular weight excluding hydrogens is 244 g/mol. The van der Waals surface area contributed by atoms with Crippen molar-refractivity contribution >= 4 is 0 Å².